The van der Waals surface area contributed by atoms with E-state index in [1.807, 2.05) is 18.2 Å². The minimum atomic E-state index is -0.0251. The highest BCUT2D eigenvalue weighted by atomic mass is 32.2. The van der Waals surface area contributed by atoms with Crippen molar-refractivity contribution in [2.45, 2.75) is 24.0 Å². The van der Waals surface area contributed by atoms with Crippen LogP contribution in [0.25, 0.3) is 0 Å². The van der Waals surface area contributed by atoms with E-state index < -0.39 is 0 Å². The molecule has 2 aromatic rings. The average Bonchev–Trinajstić information content (AvgIpc) is 2.82. The normalized spacial score (nSPS) is 10.8. The summed E-state index contributed by atoms with van der Waals surface area (Å²) in [6.07, 6.45) is 1.69. The zero-order valence-corrected chi connectivity index (χ0v) is 13.1. The summed E-state index contributed by atoms with van der Waals surface area (Å²) in [7, 11) is 0. The maximum Gasteiger partial charge on any atom is 0.234 e. The summed E-state index contributed by atoms with van der Waals surface area (Å²) in [6.45, 7) is 4.26. The molecule has 0 aliphatic carbocycles. The van der Waals surface area contributed by atoms with Crippen LogP contribution in [0.15, 0.2) is 34.7 Å². The molecule has 4 nitrogen and oxygen atoms in total. The van der Waals surface area contributed by atoms with Crippen LogP contribution in [0.5, 0.6) is 0 Å². The Labute approximate surface area is 126 Å². The van der Waals surface area contributed by atoms with Gasteiger partial charge in [0.15, 0.2) is 5.13 Å². The van der Waals surface area contributed by atoms with Gasteiger partial charge in [-0.2, -0.15) is 0 Å². The highest BCUT2D eigenvalue weighted by Gasteiger charge is 2.07. The number of anilines is 2. The lowest BCUT2D eigenvalue weighted by atomic mass is 10.0. The molecule has 0 aliphatic heterocycles. The van der Waals surface area contributed by atoms with Crippen molar-refractivity contribution >= 4 is 39.8 Å². The molecule has 6 heteroatoms. The summed E-state index contributed by atoms with van der Waals surface area (Å²) in [5.74, 6) is 0.775. The first kappa shape index (κ1) is 14.9. The van der Waals surface area contributed by atoms with Crippen molar-refractivity contribution in [1.29, 1.82) is 0 Å². The maximum absolute atomic E-state index is 11.9. The summed E-state index contributed by atoms with van der Waals surface area (Å²) < 4.78 is 0.952. The number of hydrogen-bond acceptors (Lipinski definition) is 5. The van der Waals surface area contributed by atoms with Crippen molar-refractivity contribution in [3.05, 3.63) is 36.0 Å². The van der Waals surface area contributed by atoms with Gasteiger partial charge in [-0.1, -0.05) is 37.3 Å². The first-order valence-electron chi connectivity index (χ1n) is 6.28. The topological polar surface area (TPSA) is 68.0 Å². The van der Waals surface area contributed by atoms with Crippen molar-refractivity contribution < 1.29 is 4.79 Å². The summed E-state index contributed by atoms with van der Waals surface area (Å²) in [5.41, 5.74) is 7.60. The van der Waals surface area contributed by atoms with Crippen molar-refractivity contribution in [2.75, 3.05) is 16.8 Å². The Morgan fingerprint density at radius 3 is 2.95 bits per heavy atom. The molecular weight excluding hydrogens is 290 g/mol. The molecule has 20 heavy (non-hydrogen) atoms. The molecule has 0 saturated carbocycles. The number of nitrogen functional groups attached to an aromatic ring is 1. The molecule has 1 aromatic heterocycles. The van der Waals surface area contributed by atoms with Gasteiger partial charge in [-0.3, -0.25) is 4.79 Å². The van der Waals surface area contributed by atoms with E-state index >= 15 is 0 Å². The largest absolute Gasteiger partial charge is 0.375 e. The molecule has 0 bridgehead atoms. The predicted octanol–water partition coefficient (Wildman–Crippen LogP) is 3.58. The minimum absolute atomic E-state index is 0.0251. The zero-order valence-electron chi connectivity index (χ0n) is 11.4. The fraction of sp³-hybridized carbons (Fsp3) is 0.286. The number of nitrogens with one attached hydrogen (secondary N) is 1. The molecule has 0 atom stereocenters. The van der Waals surface area contributed by atoms with Gasteiger partial charge in [0.25, 0.3) is 0 Å². The number of nitrogens with zero attached hydrogens (tertiary/aromatic N) is 1. The standard InChI is InChI=1S/C14H17N3OS2/c1-9(2)10-4-3-5-11(6-10)17-12(18)8-19-13-7-16-14(15)20-13/h3-7,9H,8H2,1-2H3,(H2,15,16)(H,17,18). The van der Waals surface area contributed by atoms with E-state index in [0.717, 1.165) is 9.90 Å². The van der Waals surface area contributed by atoms with Gasteiger partial charge in [-0.15, -0.1) is 11.8 Å². The molecule has 0 unspecified atom stereocenters. The van der Waals surface area contributed by atoms with Crippen LogP contribution < -0.4 is 11.1 Å². The van der Waals surface area contributed by atoms with Crippen LogP contribution >= 0.6 is 23.1 Å². The number of thiazole rings is 1. The zero-order chi connectivity index (χ0) is 14.5. The molecule has 0 fully saturated rings. The molecule has 0 aliphatic rings. The lowest BCUT2D eigenvalue weighted by Crippen LogP contribution is -2.14. The van der Waals surface area contributed by atoms with E-state index in [0.29, 0.717) is 16.8 Å². The Hall–Kier alpha value is -1.53. The molecule has 1 aromatic carbocycles. The van der Waals surface area contributed by atoms with Gasteiger partial charge in [0, 0.05) is 5.69 Å². The molecule has 1 amide bonds. The van der Waals surface area contributed by atoms with Crippen LogP contribution in [-0.4, -0.2) is 16.6 Å². The first-order chi connectivity index (χ1) is 9.54. The van der Waals surface area contributed by atoms with Crippen LogP contribution in [0.4, 0.5) is 10.8 Å². The Morgan fingerprint density at radius 2 is 2.30 bits per heavy atom. The number of carbonyl (C=O) groups excluding carboxylic acids is 1. The fourth-order valence-electron chi connectivity index (χ4n) is 1.65. The van der Waals surface area contributed by atoms with Crippen molar-refractivity contribution in [3.8, 4) is 0 Å². The summed E-state index contributed by atoms with van der Waals surface area (Å²) >= 11 is 2.84. The van der Waals surface area contributed by atoms with Gasteiger partial charge < -0.3 is 11.1 Å². The van der Waals surface area contributed by atoms with E-state index in [1.165, 1.54) is 28.7 Å². The second-order valence-electron chi connectivity index (χ2n) is 4.63. The lowest BCUT2D eigenvalue weighted by molar-refractivity contribution is -0.113. The summed E-state index contributed by atoms with van der Waals surface area (Å²) in [4.78, 5) is 15.8. The number of aromatic nitrogens is 1. The van der Waals surface area contributed by atoms with Crippen LogP contribution in [0.2, 0.25) is 0 Å². The number of hydrogen-bond donors (Lipinski definition) is 2. The molecule has 2 rings (SSSR count). The molecule has 0 radical (unpaired) electrons. The number of amides is 1. The number of carbonyl (C=O) groups is 1. The number of benzene rings is 1. The van der Waals surface area contributed by atoms with Crippen molar-refractivity contribution in [3.63, 3.8) is 0 Å². The smallest absolute Gasteiger partial charge is 0.234 e. The van der Waals surface area contributed by atoms with E-state index in [1.54, 1.807) is 6.20 Å². The number of thioether (sulfide) groups is 1. The van der Waals surface area contributed by atoms with Gasteiger partial charge in [0.05, 0.1) is 16.2 Å². The Bertz CT molecular complexity index is 596. The summed E-state index contributed by atoms with van der Waals surface area (Å²) in [5, 5.41) is 3.43. The SMILES string of the molecule is CC(C)c1cccc(NC(=O)CSc2cnc(N)s2)c1. The van der Waals surface area contributed by atoms with Gasteiger partial charge >= 0.3 is 0 Å². The van der Waals surface area contributed by atoms with Crippen molar-refractivity contribution in [2.24, 2.45) is 0 Å². The Balaban J connectivity index is 1.89. The number of rotatable bonds is 5. The highest BCUT2D eigenvalue weighted by molar-refractivity contribution is 8.01. The Kier molecular flexibility index (Phi) is 5.03. The van der Waals surface area contributed by atoms with Crippen LogP contribution in [-0.2, 0) is 4.79 Å². The quantitative estimate of drug-likeness (QED) is 0.829. The third kappa shape index (κ3) is 4.25. The van der Waals surface area contributed by atoms with Crippen molar-refractivity contribution in [1.82, 2.24) is 4.98 Å². The monoisotopic (exact) mass is 307 g/mol. The van der Waals surface area contributed by atoms with Crippen LogP contribution in [0, 0.1) is 0 Å². The van der Waals surface area contributed by atoms with Crippen LogP contribution in [0.1, 0.15) is 25.3 Å². The van der Waals surface area contributed by atoms with Crippen LogP contribution in [0.3, 0.4) is 0 Å². The number of nitrogens with two attached hydrogens (primary N) is 1. The fourth-order valence-corrected chi connectivity index (χ4v) is 3.21. The molecule has 0 spiro atoms. The van der Waals surface area contributed by atoms with Gasteiger partial charge in [0.2, 0.25) is 5.91 Å². The van der Waals surface area contributed by atoms with E-state index in [2.05, 4.69) is 30.2 Å². The van der Waals surface area contributed by atoms with Gasteiger partial charge in [0.1, 0.15) is 0 Å². The lowest BCUT2D eigenvalue weighted by Gasteiger charge is -2.09. The van der Waals surface area contributed by atoms with Gasteiger partial charge in [-0.25, -0.2) is 4.98 Å². The van der Waals surface area contributed by atoms with E-state index in [-0.39, 0.29) is 5.91 Å². The predicted molar refractivity (Wildman–Crippen MR) is 86.4 cm³/mol. The minimum Gasteiger partial charge on any atom is -0.375 e. The third-order valence-corrected chi connectivity index (χ3v) is 4.71. The second kappa shape index (κ2) is 6.76. The molecule has 1 heterocycles. The van der Waals surface area contributed by atoms with E-state index in [4.69, 9.17) is 5.73 Å². The Morgan fingerprint density at radius 1 is 1.50 bits per heavy atom. The maximum atomic E-state index is 11.9. The highest BCUT2D eigenvalue weighted by Crippen LogP contribution is 2.26. The average molecular weight is 307 g/mol. The van der Waals surface area contributed by atoms with Gasteiger partial charge in [-0.05, 0) is 23.6 Å². The molecular formula is C14H17N3OS2. The molecule has 3 N–H and O–H groups in total. The first-order valence-corrected chi connectivity index (χ1v) is 8.08. The third-order valence-electron chi connectivity index (χ3n) is 2.68. The second-order valence-corrected chi connectivity index (χ2v) is 6.97. The molecule has 106 valence electrons. The molecule has 0 saturated heterocycles. The van der Waals surface area contributed by atoms with E-state index in [9.17, 15) is 4.79 Å². The summed E-state index contributed by atoms with van der Waals surface area (Å²) in [6, 6.07) is 7.94.